The summed E-state index contributed by atoms with van der Waals surface area (Å²) in [6.45, 7) is 1.01. The monoisotopic (exact) mass is 424 g/mol. The predicted molar refractivity (Wildman–Crippen MR) is 119 cm³/mol. The molecule has 0 aliphatic heterocycles. The third kappa shape index (κ3) is 5.39. The standard InChI is InChI=1S/C23H27BrN3/c1-26(21-12-5-4-6-13-21)25-19-22-16-15-20-11-7-8-14-23(20)27(22)18-10-3-2-9-17-24/h4-8,11-16,19H,2-3,9-10,17-18H2,1H3/q+1. The maximum Gasteiger partial charge on any atom is 0.225 e. The van der Waals surface area contributed by atoms with E-state index < -0.39 is 0 Å². The van der Waals surface area contributed by atoms with E-state index in [-0.39, 0.29) is 0 Å². The second kappa shape index (κ2) is 10.2. The Morgan fingerprint density at radius 2 is 1.63 bits per heavy atom. The molecule has 0 amide bonds. The number of unbranched alkanes of at least 4 members (excludes halogenated alkanes) is 3. The van der Waals surface area contributed by atoms with Crippen molar-refractivity contribution < 1.29 is 4.57 Å². The zero-order valence-corrected chi connectivity index (χ0v) is 17.5. The third-order valence-electron chi connectivity index (χ3n) is 4.73. The Bertz CT molecular complexity index is 877. The summed E-state index contributed by atoms with van der Waals surface area (Å²) in [5.74, 6) is 0. The number of hydrogen-bond donors (Lipinski definition) is 0. The fourth-order valence-electron chi connectivity index (χ4n) is 3.21. The summed E-state index contributed by atoms with van der Waals surface area (Å²) in [5.41, 5.74) is 3.48. The fourth-order valence-corrected chi connectivity index (χ4v) is 3.61. The van der Waals surface area contributed by atoms with Crippen LogP contribution in [-0.4, -0.2) is 18.6 Å². The number of rotatable bonds is 9. The van der Waals surface area contributed by atoms with Crippen molar-refractivity contribution in [2.45, 2.75) is 32.2 Å². The summed E-state index contributed by atoms with van der Waals surface area (Å²) in [6.07, 6.45) is 6.93. The predicted octanol–water partition coefficient (Wildman–Crippen LogP) is 5.55. The SMILES string of the molecule is CN(/N=C/c1ccc2ccccc2[n+]1CCCCCCBr)c1ccccc1. The summed E-state index contributed by atoms with van der Waals surface area (Å²) in [7, 11) is 1.98. The number of aromatic nitrogens is 1. The number of aryl methyl sites for hydroxylation is 1. The van der Waals surface area contributed by atoms with Crippen LogP contribution in [0.1, 0.15) is 31.4 Å². The number of benzene rings is 2. The van der Waals surface area contributed by atoms with E-state index in [1.165, 1.54) is 36.6 Å². The molecule has 2 aromatic carbocycles. The van der Waals surface area contributed by atoms with Crippen molar-refractivity contribution in [3.8, 4) is 0 Å². The molecule has 4 heteroatoms. The van der Waals surface area contributed by atoms with Gasteiger partial charge in [-0.05, 0) is 37.1 Å². The minimum atomic E-state index is 1.01. The minimum absolute atomic E-state index is 1.01. The molecule has 0 spiro atoms. The number of para-hydroxylation sites is 2. The van der Waals surface area contributed by atoms with Crippen molar-refractivity contribution in [2.24, 2.45) is 5.10 Å². The number of alkyl halides is 1. The highest BCUT2D eigenvalue weighted by molar-refractivity contribution is 9.09. The van der Waals surface area contributed by atoms with Crippen LogP contribution in [0.15, 0.2) is 71.8 Å². The van der Waals surface area contributed by atoms with Crippen LogP contribution >= 0.6 is 15.9 Å². The van der Waals surface area contributed by atoms with Crippen LogP contribution in [0.3, 0.4) is 0 Å². The van der Waals surface area contributed by atoms with Gasteiger partial charge in [0.15, 0.2) is 0 Å². The summed E-state index contributed by atoms with van der Waals surface area (Å²) in [5, 5.41) is 8.95. The first kappa shape index (κ1) is 19.6. The molecule has 0 saturated carbocycles. The molecule has 0 aliphatic rings. The smallest absolute Gasteiger partial charge is 0.225 e. The Morgan fingerprint density at radius 1 is 0.889 bits per heavy atom. The van der Waals surface area contributed by atoms with Gasteiger partial charge in [-0.1, -0.05) is 52.7 Å². The van der Waals surface area contributed by atoms with E-state index in [9.17, 15) is 0 Å². The van der Waals surface area contributed by atoms with Crippen LogP contribution in [0.5, 0.6) is 0 Å². The highest BCUT2D eigenvalue weighted by Crippen LogP contribution is 2.13. The second-order valence-electron chi connectivity index (χ2n) is 6.68. The number of nitrogens with zero attached hydrogens (tertiary/aromatic N) is 3. The zero-order chi connectivity index (χ0) is 18.9. The van der Waals surface area contributed by atoms with Crippen LogP contribution in [0.25, 0.3) is 10.9 Å². The number of halogens is 1. The summed E-state index contributed by atoms with van der Waals surface area (Å²) >= 11 is 3.52. The van der Waals surface area contributed by atoms with Gasteiger partial charge in [-0.15, -0.1) is 0 Å². The Labute approximate surface area is 170 Å². The van der Waals surface area contributed by atoms with Crippen molar-refractivity contribution in [2.75, 3.05) is 17.4 Å². The molecule has 0 radical (unpaired) electrons. The van der Waals surface area contributed by atoms with Gasteiger partial charge in [-0.25, -0.2) is 0 Å². The van der Waals surface area contributed by atoms with Gasteiger partial charge >= 0.3 is 0 Å². The topological polar surface area (TPSA) is 19.5 Å². The summed E-state index contributed by atoms with van der Waals surface area (Å²) in [6, 6.07) is 23.2. The quantitative estimate of drug-likeness (QED) is 0.145. The molecule has 3 aromatic rings. The largest absolute Gasteiger partial charge is 0.268 e. The van der Waals surface area contributed by atoms with Crippen LogP contribution in [-0.2, 0) is 6.54 Å². The van der Waals surface area contributed by atoms with Gasteiger partial charge in [0.1, 0.15) is 12.8 Å². The maximum absolute atomic E-state index is 4.67. The Balaban J connectivity index is 1.82. The first-order valence-corrected chi connectivity index (χ1v) is 10.7. The van der Waals surface area contributed by atoms with Gasteiger partial charge in [0.05, 0.1) is 5.69 Å². The highest BCUT2D eigenvalue weighted by Gasteiger charge is 2.14. The maximum atomic E-state index is 4.67. The van der Waals surface area contributed by atoms with Crippen molar-refractivity contribution in [1.29, 1.82) is 0 Å². The zero-order valence-electron chi connectivity index (χ0n) is 15.9. The fraction of sp³-hybridized carbons (Fsp3) is 0.304. The van der Waals surface area contributed by atoms with E-state index in [1.54, 1.807) is 0 Å². The van der Waals surface area contributed by atoms with Gasteiger partial charge in [0.25, 0.3) is 0 Å². The Kier molecular flexibility index (Phi) is 7.40. The Hall–Kier alpha value is -2.20. The summed E-state index contributed by atoms with van der Waals surface area (Å²) < 4.78 is 2.39. The van der Waals surface area contributed by atoms with E-state index in [0.29, 0.717) is 0 Å². The van der Waals surface area contributed by atoms with Gasteiger partial charge in [0, 0.05) is 36.3 Å². The van der Waals surface area contributed by atoms with Gasteiger partial charge < -0.3 is 0 Å². The van der Waals surface area contributed by atoms with Gasteiger partial charge in [-0.3, -0.25) is 5.01 Å². The summed E-state index contributed by atoms with van der Waals surface area (Å²) in [4.78, 5) is 0. The molecule has 3 rings (SSSR count). The molecule has 0 unspecified atom stereocenters. The molecule has 0 fully saturated rings. The average molecular weight is 425 g/mol. The molecule has 1 aromatic heterocycles. The van der Waals surface area contributed by atoms with E-state index in [4.69, 9.17) is 0 Å². The molecular formula is C23H27BrN3+. The van der Waals surface area contributed by atoms with Crippen LogP contribution in [0.2, 0.25) is 0 Å². The van der Waals surface area contributed by atoms with E-state index in [0.717, 1.165) is 23.3 Å². The molecule has 0 bridgehead atoms. The highest BCUT2D eigenvalue weighted by atomic mass is 79.9. The number of hydrazone groups is 1. The van der Waals surface area contributed by atoms with Crippen LogP contribution in [0, 0.1) is 0 Å². The number of pyridine rings is 1. The first-order chi connectivity index (χ1) is 13.3. The average Bonchev–Trinajstić information content (AvgIpc) is 2.73. The van der Waals surface area contributed by atoms with Crippen LogP contribution in [0.4, 0.5) is 5.69 Å². The van der Waals surface area contributed by atoms with Crippen molar-refractivity contribution in [3.63, 3.8) is 0 Å². The molecular weight excluding hydrogens is 398 g/mol. The first-order valence-electron chi connectivity index (χ1n) is 9.60. The van der Waals surface area contributed by atoms with E-state index >= 15 is 0 Å². The molecule has 0 N–H and O–H groups in total. The van der Waals surface area contributed by atoms with Gasteiger partial charge in [0.2, 0.25) is 11.2 Å². The van der Waals surface area contributed by atoms with Crippen LogP contribution < -0.4 is 9.58 Å². The minimum Gasteiger partial charge on any atom is -0.268 e. The Morgan fingerprint density at radius 3 is 2.44 bits per heavy atom. The van der Waals surface area contributed by atoms with E-state index in [2.05, 4.69) is 74.1 Å². The lowest BCUT2D eigenvalue weighted by atomic mass is 10.1. The molecule has 140 valence electrons. The normalized spacial score (nSPS) is 11.3. The number of anilines is 1. The number of fused-ring (bicyclic) bond motifs is 1. The third-order valence-corrected chi connectivity index (χ3v) is 5.29. The lowest BCUT2D eigenvalue weighted by Crippen LogP contribution is -2.39. The van der Waals surface area contributed by atoms with Crippen molar-refractivity contribution in [1.82, 2.24) is 0 Å². The van der Waals surface area contributed by atoms with E-state index in [1.807, 2.05) is 36.5 Å². The molecule has 0 aliphatic carbocycles. The molecule has 0 saturated heterocycles. The molecule has 0 atom stereocenters. The lowest BCUT2D eigenvalue weighted by Gasteiger charge is -2.12. The van der Waals surface area contributed by atoms with Gasteiger partial charge in [-0.2, -0.15) is 9.67 Å². The lowest BCUT2D eigenvalue weighted by molar-refractivity contribution is -0.672. The molecule has 27 heavy (non-hydrogen) atoms. The second-order valence-corrected chi connectivity index (χ2v) is 7.47. The van der Waals surface area contributed by atoms with Crippen molar-refractivity contribution in [3.05, 3.63) is 72.4 Å². The molecule has 1 heterocycles. The van der Waals surface area contributed by atoms with Crippen molar-refractivity contribution >= 4 is 38.7 Å². The molecule has 3 nitrogen and oxygen atoms in total. The number of hydrogen-bond acceptors (Lipinski definition) is 2.